The molecule has 0 aliphatic carbocycles. The smallest absolute Gasteiger partial charge is 0.165 e. The second kappa shape index (κ2) is 11.7. The Morgan fingerprint density at radius 1 is 1.17 bits per heavy atom. The lowest BCUT2D eigenvalue weighted by atomic mass is 10.0. The van der Waals surface area contributed by atoms with E-state index in [0.717, 1.165) is 35.6 Å². The number of fused-ring (bicyclic) bond motifs is 1. The topological polar surface area (TPSA) is 95.7 Å². The van der Waals surface area contributed by atoms with Gasteiger partial charge >= 0.3 is 0 Å². The molecule has 36 heavy (non-hydrogen) atoms. The molecule has 190 valence electrons. The van der Waals surface area contributed by atoms with Crippen LogP contribution in [0.1, 0.15) is 50.9 Å². The van der Waals surface area contributed by atoms with Crippen LogP contribution in [-0.4, -0.2) is 67.2 Å². The number of aromatic nitrogens is 4. The molecule has 0 unspecified atom stereocenters. The molecule has 2 N–H and O–H groups in total. The molecule has 0 amide bonds. The van der Waals surface area contributed by atoms with Crippen molar-refractivity contribution in [3.63, 3.8) is 0 Å². The van der Waals surface area contributed by atoms with Gasteiger partial charge in [0.25, 0.3) is 0 Å². The molecule has 4 aromatic rings. The molecule has 2 atom stereocenters. The number of rotatable bonds is 12. The van der Waals surface area contributed by atoms with Crippen molar-refractivity contribution in [3.8, 4) is 21.8 Å². The number of hydrogen-bond donors (Lipinski definition) is 2. The minimum atomic E-state index is -0.545. The normalized spacial score (nSPS) is 13.3. The molecule has 0 fully saturated rings. The van der Waals surface area contributed by atoms with Crippen molar-refractivity contribution in [3.05, 3.63) is 53.7 Å². The summed E-state index contributed by atoms with van der Waals surface area (Å²) in [5.41, 5.74) is 3.50. The summed E-state index contributed by atoms with van der Waals surface area (Å²) in [5, 5.41) is 19.4. The highest BCUT2D eigenvalue weighted by molar-refractivity contribution is 7.13. The first kappa shape index (κ1) is 25.9. The largest absolute Gasteiger partial charge is 0.392 e. The van der Waals surface area contributed by atoms with E-state index in [1.807, 2.05) is 35.8 Å². The number of hydrogen-bond acceptors (Lipinski definition) is 8. The molecule has 0 aliphatic rings. The number of anilines is 1. The zero-order chi connectivity index (χ0) is 25.7. The van der Waals surface area contributed by atoms with Gasteiger partial charge in [-0.25, -0.2) is 14.5 Å². The Balaban J connectivity index is 1.68. The number of carbonyl (C=O) groups excluding carboxylic acids is 1. The molecule has 0 spiro atoms. The van der Waals surface area contributed by atoms with Crippen LogP contribution >= 0.6 is 11.3 Å². The highest BCUT2D eigenvalue weighted by Crippen LogP contribution is 2.28. The van der Waals surface area contributed by atoms with Crippen molar-refractivity contribution >= 4 is 28.6 Å². The summed E-state index contributed by atoms with van der Waals surface area (Å²) in [6.07, 6.45) is 4.31. The summed E-state index contributed by atoms with van der Waals surface area (Å²) >= 11 is 1.63. The lowest BCUT2D eigenvalue weighted by molar-refractivity contribution is 0.0964. The van der Waals surface area contributed by atoms with Crippen LogP contribution in [0.5, 0.6) is 0 Å². The predicted octanol–water partition coefficient (Wildman–Crippen LogP) is 5.01. The number of nitrogens with one attached hydrogen (secondary N) is 1. The van der Waals surface area contributed by atoms with E-state index < -0.39 is 6.10 Å². The molecule has 0 saturated heterocycles. The number of carbonyl (C=O) groups is 1. The molecule has 0 aromatic carbocycles. The van der Waals surface area contributed by atoms with E-state index in [-0.39, 0.29) is 5.78 Å². The fraction of sp³-hybridized carbons (Fsp3) is 0.407. The first-order valence-electron chi connectivity index (χ1n) is 12.5. The van der Waals surface area contributed by atoms with Gasteiger partial charge in [-0.05, 0) is 63.0 Å². The van der Waals surface area contributed by atoms with Crippen molar-refractivity contribution in [2.75, 3.05) is 25.0 Å². The highest BCUT2D eigenvalue weighted by atomic mass is 32.1. The third-order valence-electron chi connectivity index (χ3n) is 6.37. The van der Waals surface area contributed by atoms with Gasteiger partial charge in [0, 0.05) is 30.8 Å². The number of ketones is 1. The molecule has 0 saturated carbocycles. The predicted molar refractivity (Wildman–Crippen MR) is 146 cm³/mol. The second-order valence-electron chi connectivity index (χ2n) is 9.00. The Hall–Kier alpha value is -3.14. The molecule has 4 rings (SSSR count). The fourth-order valence-electron chi connectivity index (χ4n) is 4.30. The van der Waals surface area contributed by atoms with Crippen molar-refractivity contribution in [1.82, 2.24) is 24.5 Å². The third kappa shape index (κ3) is 5.98. The van der Waals surface area contributed by atoms with Gasteiger partial charge in [0.15, 0.2) is 11.4 Å². The number of pyridine rings is 1. The van der Waals surface area contributed by atoms with E-state index in [4.69, 9.17) is 9.97 Å². The van der Waals surface area contributed by atoms with Gasteiger partial charge in [0.05, 0.1) is 34.1 Å². The first-order chi connectivity index (χ1) is 17.4. The van der Waals surface area contributed by atoms with Crippen LogP contribution in [0.2, 0.25) is 0 Å². The second-order valence-corrected chi connectivity index (χ2v) is 9.95. The lowest BCUT2D eigenvalue weighted by Crippen LogP contribution is -2.33. The number of thiophene rings is 1. The molecule has 8 nitrogen and oxygen atoms in total. The van der Waals surface area contributed by atoms with Crippen molar-refractivity contribution < 1.29 is 9.90 Å². The van der Waals surface area contributed by atoms with Crippen LogP contribution in [0, 0.1) is 0 Å². The minimum Gasteiger partial charge on any atom is -0.392 e. The summed E-state index contributed by atoms with van der Waals surface area (Å²) in [6.45, 7) is 10.4. The highest BCUT2D eigenvalue weighted by Gasteiger charge is 2.18. The molecule has 4 aromatic heterocycles. The van der Waals surface area contributed by atoms with Crippen molar-refractivity contribution in [1.29, 1.82) is 0 Å². The number of aliphatic hydroxyl groups is 1. The molecule has 0 bridgehead atoms. The van der Waals surface area contributed by atoms with E-state index in [1.165, 1.54) is 0 Å². The van der Waals surface area contributed by atoms with Crippen molar-refractivity contribution in [2.45, 2.75) is 52.7 Å². The van der Waals surface area contributed by atoms with Gasteiger partial charge in [-0.1, -0.05) is 19.9 Å². The number of aliphatic hydroxyl groups excluding tert-OH is 1. The standard InChI is InChI=1S/C27H34N6O2S/c1-5-32(6-2)18(3)9-10-24(35)20-14-23(30-26(15-20)28-16-19(4)34)21-17-29-33-12-11-22(31-27(21)33)25-8-7-13-36-25/h7-8,11-15,17-19,34H,5-6,9-10,16H2,1-4H3,(H,28,30)/t18-,19-/m0/s1. The minimum absolute atomic E-state index is 0.0708. The van der Waals surface area contributed by atoms with E-state index in [2.05, 4.69) is 36.1 Å². The summed E-state index contributed by atoms with van der Waals surface area (Å²) in [7, 11) is 0. The van der Waals surface area contributed by atoms with E-state index in [0.29, 0.717) is 41.7 Å². The SMILES string of the molecule is CCN(CC)[C@@H](C)CCC(=O)c1cc(NC[C@H](C)O)nc(-c2cnn3ccc(-c4cccs4)nc23)c1. The monoisotopic (exact) mass is 506 g/mol. The van der Waals surface area contributed by atoms with E-state index >= 15 is 0 Å². The Morgan fingerprint density at radius 3 is 2.67 bits per heavy atom. The molecular weight excluding hydrogens is 472 g/mol. The Bertz CT molecular complexity index is 1300. The van der Waals surface area contributed by atoms with E-state index in [1.54, 1.807) is 35.0 Å². The quantitative estimate of drug-likeness (QED) is 0.261. The summed E-state index contributed by atoms with van der Waals surface area (Å²) in [6, 6.07) is 9.91. The summed E-state index contributed by atoms with van der Waals surface area (Å²) in [4.78, 5) is 26.3. The van der Waals surface area contributed by atoms with Gasteiger partial charge in [-0.2, -0.15) is 5.10 Å². The molecule has 9 heteroatoms. The van der Waals surface area contributed by atoms with Gasteiger partial charge in [0.2, 0.25) is 0 Å². The molecular formula is C27H34N6O2S. The van der Waals surface area contributed by atoms with Gasteiger partial charge in [0.1, 0.15) is 5.82 Å². The van der Waals surface area contributed by atoms with Gasteiger partial charge in [-0.15, -0.1) is 11.3 Å². The summed E-state index contributed by atoms with van der Waals surface area (Å²) < 4.78 is 1.72. The van der Waals surface area contributed by atoms with Crippen LogP contribution in [0.4, 0.5) is 5.82 Å². The molecule has 4 heterocycles. The average molecular weight is 507 g/mol. The first-order valence-corrected chi connectivity index (χ1v) is 13.4. The van der Waals surface area contributed by atoms with Crippen LogP contribution < -0.4 is 5.32 Å². The Kier molecular flexibility index (Phi) is 8.45. The maximum Gasteiger partial charge on any atom is 0.165 e. The zero-order valence-electron chi connectivity index (χ0n) is 21.3. The van der Waals surface area contributed by atoms with Crippen LogP contribution in [0.3, 0.4) is 0 Å². The fourth-order valence-corrected chi connectivity index (χ4v) is 4.99. The zero-order valence-corrected chi connectivity index (χ0v) is 22.1. The van der Waals surface area contributed by atoms with E-state index in [9.17, 15) is 9.90 Å². The lowest BCUT2D eigenvalue weighted by Gasteiger charge is -2.26. The third-order valence-corrected chi connectivity index (χ3v) is 7.26. The van der Waals surface area contributed by atoms with Gasteiger partial charge in [-0.3, -0.25) is 4.79 Å². The number of nitrogens with zero attached hydrogens (tertiary/aromatic N) is 5. The maximum atomic E-state index is 13.3. The average Bonchev–Trinajstić information content (AvgIpc) is 3.56. The van der Waals surface area contributed by atoms with Crippen molar-refractivity contribution in [2.24, 2.45) is 0 Å². The van der Waals surface area contributed by atoms with Crippen LogP contribution in [0.15, 0.2) is 48.1 Å². The Labute approximate surface area is 216 Å². The molecule has 0 aliphatic heterocycles. The van der Waals surface area contributed by atoms with Crippen LogP contribution in [-0.2, 0) is 0 Å². The summed E-state index contributed by atoms with van der Waals surface area (Å²) in [5.74, 6) is 0.615. The number of Topliss-reactive ketones (excluding diaryl/α,β-unsaturated/α-hetero) is 1. The van der Waals surface area contributed by atoms with Crippen LogP contribution in [0.25, 0.3) is 27.5 Å². The Morgan fingerprint density at radius 2 is 1.97 bits per heavy atom. The maximum absolute atomic E-state index is 13.3. The molecule has 0 radical (unpaired) electrons. The van der Waals surface area contributed by atoms with Gasteiger partial charge < -0.3 is 15.3 Å².